The van der Waals surface area contributed by atoms with Crippen LogP contribution in [-0.4, -0.2) is 64.5 Å². The Labute approximate surface area is 194 Å². The number of fused-ring (bicyclic) bond motifs is 1. The molecule has 7 nitrogen and oxygen atoms in total. The van der Waals surface area contributed by atoms with Crippen molar-refractivity contribution < 1.29 is 9.63 Å². The Balaban J connectivity index is 1.26. The molecular formula is C26H31N5O2. The van der Waals surface area contributed by atoms with E-state index in [0.717, 1.165) is 61.0 Å². The zero-order chi connectivity index (χ0) is 22.8. The molecule has 2 aromatic heterocycles. The van der Waals surface area contributed by atoms with Gasteiger partial charge >= 0.3 is 0 Å². The maximum atomic E-state index is 9.08. The number of imidazole rings is 1. The van der Waals surface area contributed by atoms with E-state index in [4.69, 9.17) is 9.63 Å². The number of nitrogens with zero attached hydrogens (tertiary/aromatic N) is 4. The molecule has 0 amide bonds. The highest BCUT2D eigenvalue weighted by atomic mass is 16.5. The average Bonchev–Trinajstić information content (AvgIpc) is 3.34. The molecule has 1 aromatic carbocycles. The van der Waals surface area contributed by atoms with Gasteiger partial charge in [-0.05, 0) is 43.1 Å². The van der Waals surface area contributed by atoms with Gasteiger partial charge in [0.1, 0.15) is 11.5 Å². The molecule has 1 saturated carbocycles. The Morgan fingerprint density at radius 2 is 2.03 bits per heavy atom. The number of aliphatic hydroxyl groups excluding tert-OH is 1. The number of likely N-dealkylation sites (tertiary alicyclic amines) is 1. The van der Waals surface area contributed by atoms with Crippen LogP contribution < -0.4 is 5.32 Å². The summed E-state index contributed by atoms with van der Waals surface area (Å²) in [6.45, 7) is 6.03. The number of benzene rings is 1. The molecule has 33 heavy (non-hydrogen) atoms. The number of β-amino-alcohol motifs (C(OH)–C–C–N with tert-alkyl or cyclic N) is 1. The summed E-state index contributed by atoms with van der Waals surface area (Å²) in [4.78, 5) is 6.79. The standard InChI is InChI=1S/C26H31N5O2/c1-3-26-28-10-11-31(26)24(15-27-2)23-14-25(33-29-23)19-7-4-18(5-8-19)6-9-20-21-16-30(12-13-32)17-22(20)21/h4-5,7-8,10-11,14,20-22,24,27,32H,3,12-13,15-17H2,1-2H3/t20-,21-,22+,24-/m1/s1. The lowest BCUT2D eigenvalue weighted by Gasteiger charge is -2.17. The van der Waals surface area contributed by atoms with E-state index in [1.807, 2.05) is 37.6 Å². The molecule has 2 N–H and O–H groups in total. The van der Waals surface area contributed by atoms with Gasteiger partial charge < -0.3 is 24.4 Å². The number of aryl methyl sites for hydroxylation is 1. The molecule has 3 heterocycles. The largest absolute Gasteiger partial charge is 0.395 e. The van der Waals surface area contributed by atoms with Crippen molar-refractivity contribution in [1.29, 1.82) is 0 Å². The summed E-state index contributed by atoms with van der Waals surface area (Å²) in [6, 6.07) is 10.3. The molecule has 172 valence electrons. The fourth-order valence-corrected chi connectivity index (χ4v) is 5.06. The molecule has 0 unspecified atom stereocenters. The van der Waals surface area contributed by atoms with Crippen LogP contribution in [0.15, 0.2) is 47.2 Å². The first-order chi connectivity index (χ1) is 16.2. The smallest absolute Gasteiger partial charge is 0.167 e. The van der Waals surface area contributed by atoms with Crippen LogP contribution in [0.4, 0.5) is 0 Å². The zero-order valence-corrected chi connectivity index (χ0v) is 19.2. The van der Waals surface area contributed by atoms with E-state index >= 15 is 0 Å². The van der Waals surface area contributed by atoms with Gasteiger partial charge in [0.25, 0.3) is 0 Å². The van der Waals surface area contributed by atoms with Crippen molar-refractivity contribution >= 4 is 0 Å². The number of aliphatic hydroxyl groups is 1. The van der Waals surface area contributed by atoms with E-state index in [2.05, 4.69) is 55.8 Å². The van der Waals surface area contributed by atoms with E-state index in [0.29, 0.717) is 17.8 Å². The molecule has 0 radical (unpaired) electrons. The fraction of sp³-hybridized carbons (Fsp3) is 0.462. The number of nitrogens with one attached hydrogen (secondary N) is 1. The maximum Gasteiger partial charge on any atom is 0.167 e. The minimum Gasteiger partial charge on any atom is -0.395 e. The predicted molar refractivity (Wildman–Crippen MR) is 126 cm³/mol. The van der Waals surface area contributed by atoms with Gasteiger partial charge in [0.15, 0.2) is 5.76 Å². The van der Waals surface area contributed by atoms with Crippen molar-refractivity contribution in [3.05, 3.63) is 59.8 Å². The summed E-state index contributed by atoms with van der Waals surface area (Å²) in [5.41, 5.74) is 2.90. The minimum absolute atomic E-state index is 0.0291. The Morgan fingerprint density at radius 3 is 2.73 bits per heavy atom. The Hall–Kier alpha value is -2.92. The van der Waals surface area contributed by atoms with Crippen molar-refractivity contribution in [2.75, 3.05) is 39.8 Å². The van der Waals surface area contributed by atoms with Crippen molar-refractivity contribution in [1.82, 2.24) is 24.9 Å². The zero-order valence-electron chi connectivity index (χ0n) is 19.2. The van der Waals surface area contributed by atoms with Crippen LogP contribution in [0.5, 0.6) is 0 Å². The lowest BCUT2D eigenvalue weighted by Crippen LogP contribution is -2.27. The number of rotatable bonds is 8. The van der Waals surface area contributed by atoms with Crippen LogP contribution in [0, 0.1) is 29.6 Å². The average molecular weight is 446 g/mol. The highest BCUT2D eigenvalue weighted by Crippen LogP contribution is 2.51. The van der Waals surface area contributed by atoms with Crippen LogP contribution in [0.25, 0.3) is 11.3 Å². The van der Waals surface area contributed by atoms with Gasteiger partial charge in [0.2, 0.25) is 0 Å². The number of hydrogen-bond donors (Lipinski definition) is 2. The monoisotopic (exact) mass is 445 g/mol. The van der Waals surface area contributed by atoms with E-state index < -0.39 is 0 Å². The van der Waals surface area contributed by atoms with Gasteiger partial charge in [0, 0.05) is 68.1 Å². The summed E-state index contributed by atoms with van der Waals surface area (Å²) < 4.78 is 7.87. The first kappa shape index (κ1) is 21.9. The topological polar surface area (TPSA) is 79.4 Å². The van der Waals surface area contributed by atoms with E-state index in [-0.39, 0.29) is 12.6 Å². The predicted octanol–water partition coefficient (Wildman–Crippen LogP) is 2.43. The van der Waals surface area contributed by atoms with Crippen molar-refractivity contribution in [2.45, 2.75) is 19.4 Å². The minimum atomic E-state index is 0.0291. The van der Waals surface area contributed by atoms with Gasteiger partial charge in [-0.2, -0.15) is 0 Å². The summed E-state index contributed by atoms with van der Waals surface area (Å²) >= 11 is 0. The lowest BCUT2D eigenvalue weighted by molar-refractivity contribution is 0.206. The third-order valence-corrected chi connectivity index (χ3v) is 6.91. The number of likely N-dealkylation sites (N-methyl/N-ethyl adjacent to an activating group) is 1. The van der Waals surface area contributed by atoms with E-state index in [1.54, 1.807) is 0 Å². The van der Waals surface area contributed by atoms with Gasteiger partial charge in [0.05, 0.1) is 12.6 Å². The first-order valence-corrected chi connectivity index (χ1v) is 11.8. The molecule has 2 fully saturated rings. The van der Waals surface area contributed by atoms with Crippen LogP contribution >= 0.6 is 0 Å². The van der Waals surface area contributed by atoms with Crippen molar-refractivity contribution in [2.24, 2.45) is 17.8 Å². The summed E-state index contributed by atoms with van der Waals surface area (Å²) in [5, 5.41) is 16.7. The summed E-state index contributed by atoms with van der Waals surface area (Å²) in [7, 11) is 1.94. The second kappa shape index (κ2) is 9.52. The van der Waals surface area contributed by atoms with E-state index in [9.17, 15) is 0 Å². The van der Waals surface area contributed by atoms with E-state index in [1.165, 1.54) is 0 Å². The Morgan fingerprint density at radius 1 is 1.24 bits per heavy atom. The van der Waals surface area contributed by atoms with Crippen LogP contribution in [0.2, 0.25) is 0 Å². The highest BCUT2D eigenvalue weighted by Gasteiger charge is 2.54. The number of hydrogen-bond acceptors (Lipinski definition) is 6. The van der Waals surface area contributed by atoms with Crippen LogP contribution in [0.3, 0.4) is 0 Å². The Bertz CT molecular complexity index is 1130. The van der Waals surface area contributed by atoms with Gasteiger partial charge in [-0.25, -0.2) is 4.98 Å². The van der Waals surface area contributed by atoms with Crippen molar-refractivity contribution in [3.63, 3.8) is 0 Å². The van der Waals surface area contributed by atoms with Crippen molar-refractivity contribution in [3.8, 4) is 23.2 Å². The number of aromatic nitrogens is 3. The highest BCUT2D eigenvalue weighted by molar-refractivity contribution is 5.59. The molecule has 5 rings (SSSR count). The normalized spacial score (nSPS) is 22.6. The molecule has 0 bridgehead atoms. The summed E-state index contributed by atoms with van der Waals surface area (Å²) in [6.07, 6.45) is 4.70. The second-order valence-corrected chi connectivity index (χ2v) is 8.98. The molecule has 2 aliphatic rings. The molecule has 4 atom stereocenters. The molecule has 1 aliphatic heterocycles. The van der Waals surface area contributed by atoms with Gasteiger partial charge in [-0.3, -0.25) is 0 Å². The van der Waals surface area contributed by atoms with Crippen LogP contribution in [0.1, 0.15) is 30.0 Å². The molecule has 7 heteroatoms. The molecular weight excluding hydrogens is 414 g/mol. The lowest BCUT2D eigenvalue weighted by atomic mass is 10.1. The Kier molecular flexibility index (Phi) is 6.32. The summed E-state index contributed by atoms with van der Waals surface area (Å²) in [5.74, 6) is 10.5. The number of piperidine rings is 1. The first-order valence-electron chi connectivity index (χ1n) is 11.8. The van der Waals surface area contributed by atoms with Gasteiger partial charge in [-0.15, -0.1) is 0 Å². The molecule has 1 aliphatic carbocycles. The molecule has 1 saturated heterocycles. The second-order valence-electron chi connectivity index (χ2n) is 8.98. The SMILES string of the molecule is CCc1nccn1[C@H](CNC)c1cc(-c2ccc(C#C[C@@H]3[C@H]4CN(CCO)C[C@@H]34)cc2)on1. The van der Waals surface area contributed by atoms with Crippen LogP contribution in [-0.2, 0) is 6.42 Å². The third-order valence-electron chi connectivity index (χ3n) is 6.91. The molecule has 0 spiro atoms. The maximum absolute atomic E-state index is 9.08. The fourth-order valence-electron chi connectivity index (χ4n) is 5.06. The van der Waals surface area contributed by atoms with Gasteiger partial charge in [-0.1, -0.05) is 23.9 Å². The molecule has 3 aromatic rings. The third kappa shape index (κ3) is 4.47. The quantitative estimate of drug-likeness (QED) is 0.519.